The number of halogens is 1. The van der Waals surface area contributed by atoms with E-state index in [2.05, 4.69) is 17.5 Å². The van der Waals surface area contributed by atoms with E-state index in [4.69, 9.17) is 11.6 Å². The number of hydrogen-bond donors (Lipinski definition) is 3. The Bertz CT molecular complexity index is 1040. The first-order valence-corrected chi connectivity index (χ1v) is 8.58. The van der Waals surface area contributed by atoms with Gasteiger partial charge in [0.05, 0.1) is 46.5 Å². The fraction of sp³-hybridized carbons (Fsp3) is 0.143. The van der Waals surface area contributed by atoms with Crippen molar-refractivity contribution in [3.05, 3.63) is 81.0 Å². The lowest BCUT2D eigenvalue weighted by Gasteiger charge is -2.28. The summed E-state index contributed by atoms with van der Waals surface area (Å²) in [6, 6.07) is 16.3. The predicted molar refractivity (Wildman–Crippen MR) is 102 cm³/mol. The number of nitrogens with one attached hydrogen (secondary N) is 1. The highest BCUT2D eigenvalue weighted by molar-refractivity contribution is 6.32. The van der Waals surface area contributed by atoms with Gasteiger partial charge >= 0.3 is 0 Å². The first-order valence-electron chi connectivity index (χ1n) is 8.21. The van der Waals surface area contributed by atoms with E-state index in [1.54, 1.807) is 31.2 Å². The summed E-state index contributed by atoms with van der Waals surface area (Å²) in [6.07, 6.45) is 0. The summed E-state index contributed by atoms with van der Waals surface area (Å²) in [5.41, 5.74) is 4.24. The molecular formula is C21H16ClN3O2. The van der Waals surface area contributed by atoms with E-state index in [0.717, 1.165) is 11.1 Å². The topological polar surface area (TPSA) is 100 Å². The normalized spacial score (nSPS) is 16.6. The van der Waals surface area contributed by atoms with E-state index < -0.39 is 5.92 Å². The summed E-state index contributed by atoms with van der Waals surface area (Å²) in [5, 5.41) is 41.8. The summed E-state index contributed by atoms with van der Waals surface area (Å²) in [5.74, 6) is -0.650. The van der Waals surface area contributed by atoms with Gasteiger partial charge in [-0.05, 0) is 35.7 Å². The quantitative estimate of drug-likeness (QED) is 0.751. The average molecular weight is 378 g/mol. The molecule has 2 aromatic rings. The summed E-state index contributed by atoms with van der Waals surface area (Å²) < 4.78 is 0. The van der Waals surface area contributed by atoms with Crippen LogP contribution in [0.25, 0.3) is 5.70 Å². The third-order valence-corrected chi connectivity index (χ3v) is 4.84. The molecule has 0 bridgehead atoms. The first kappa shape index (κ1) is 18.5. The largest absolute Gasteiger partial charge is 0.506 e. The number of rotatable bonds is 3. The fourth-order valence-corrected chi connectivity index (χ4v) is 3.33. The van der Waals surface area contributed by atoms with Crippen LogP contribution in [0.4, 0.5) is 0 Å². The van der Waals surface area contributed by atoms with E-state index >= 15 is 0 Å². The third kappa shape index (κ3) is 3.39. The minimum atomic E-state index is -0.591. The SMILES string of the molecule is CC1=C(C#N)C(c2ccc(O)c(Cl)c2)C(C#N)=C(c2ccc(CO)cc2)N1. The van der Waals surface area contributed by atoms with Crippen LogP contribution in [-0.2, 0) is 6.61 Å². The van der Waals surface area contributed by atoms with Gasteiger partial charge in [0.2, 0.25) is 0 Å². The highest BCUT2D eigenvalue weighted by Crippen LogP contribution is 2.41. The zero-order chi connectivity index (χ0) is 19.6. The van der Waals surface area contributed by atoms with Crippen molar-refractivity contribution in [1.29, 1.82) is 10.5 Å². The highest BCUT2D eigenvalue weighted by atomic mass is 35.5. The van der Waals surface area contributed by atoms with Crippen molar-refractivity contribution in [2.75, 3.05) is 0 Å². The average Bonchev–Trinajstić information content (AvgIpc) is 2.69. The number of dihydropyridines is 1. The molecule has 0 spiro atoms. The Morgan fingerprint density at radius 2 is 1.74 bits per heavy atom. The van der Waals surface area contributed by atoms with Crippen molar-refractivity contribution in [2.45, 2.75) is 19.4 Å². The molecule has 1 aliphatic rings. The molecule has 0 aliphatic carbocycles. The molecule has 0 saturated heterocycles. The summed E-state index contributed by atoms with van der Waals surface area (Å²) in [7, 11) is 0. The van der Waals surface area contributed by atoms with E-state index in [-0.39, 0.29) is 17.4 Å². The maximum absolute atomic E-state index is 9.88. The van der Waals surface area contributed by atoms with Gasteiger partial charge in [0.1, 0.15) is 5.75 Å². The monoisotopic (exact) mass is 377 g/mol. The van der Waals surface area contributed by atoms with E-state index in [1.807, 2.05) is 12.1 Å². The Labute approximate surface area is 162 Å². The van der Waals surface area contributed by atoms with Gasteiger partial charge < -0.3 is 15.5 Å². The molecule has 1 heterocycles. The lowest BCUT2D eigenvalue weighted by molar-refractivity contribution is 0.282. The van der Waals surface area contributed by atoms with Crippen LogP contribution >= 0.6 is 11.6 Å². The second-order valence-corrected chi connectivity index (χ2v) is 6.58. The van der Waals surface area contributed by atoms with Crippen molar-refractivity contribution in [1.82, 2.24) is 5.32 Å². The maximum atomic E-state index is 9.88. The summed E-state index contributed by atoms with van der Waals surface area (Å²) in [6.45, 7) is 1.72. The van der Waals surface area contributed by atoms with Crippen LogP contribution in [0.2, 0.25) is 5.02 Å². The first-order chi connectivity index (χ1) is 13.0. The molecule has 0 radical (unpaired) electrons. The second-order valence-electron chi connectivity index (χ2n) is 6.17. The van der Waals surface area contributed by atoms with Gasteiger partial charge in [-0.15, -0.1) is 0 Å². The maximum Gasteiger partial charge on any atom is 0.134 e. The third-order valence-electron chi connectivity index (χ3n) is 4.53. The molecule has 0 aromatic heterocycles. The molecule has 1 unspecified atom stereocenters. The fourth-order valence-electron chi connectivity index (χ4n) is 3.14. The van der Waals surface area contributed by atoms with Gasteiger partial charge in [-0.3, -0.25) is 0 Å². The molecular weight excluding hydrogens is 362 g/mol. The van der Waals surface area contributed by atoms with Gasteiger partial charge in [0, 0.05) is 5.70 Å². The molecule has 0 saturated carbocycles. The molecule has 1 aliphatic heterocycles. The van der Waals surface area contributed by atoms with Crippen LogP contribution in [0.1, 0.15) is 29.5 Å². The van der Waals surface area contributed by atoms with Crippen molar-refractivity contribution in [2.24, 2.45) is 0 Å². The van der Waals surface area contributed by atoms with Gasteiger partial charge in [-0.25, -0.2) is 0 Å². The van der Waals surface area contributed by atoms with Crippen molar-refractivity contribution >= 4 is 17.3 Å². The summed E-state index contributed by atoms with van der Waals surface area (Å²) in [4.78, 5) is 0. The van der Waals surface area contributed by atoms with E-state index in [1.165, 1.54) is 6.07 Å². The predicted octanol–water partition coefficient (Wildman–Crippen LogP) is 3.96. The van der Waals surface area contributed by atoms with Gasteiger partial charge in [0.25, 0.3) is 0 Å². The van der Waals surface area contributed by atoms with Crippen molar-refractivity contribution in [3.8, 4) is 17.9 Å². The van der Waals surface area contributed by atoms with E-state index in [0.29, 0.717) is 28.1 Å². The Morgan fingerprint density at radius 3 is 2.30 bits per heavy atom. The number of nitriles is 2. The lowest BCUT2D eigenvalue weighted by atomic mass is 9.80. The Morgan fingerprint density at radius 1 is 1.07 bits per heavy atom. The van der Waals surface area contributed by atoms with Crippen LogP contribution in [-0.4, -0.2) is 10.2 Å². The lowest BCUT2D eigenvalue weighted by Crippen LogP contribution is -2.24. The summed E-state index contributed by atoms with van der Waals surface area (Å²) >= 11 is 6.05. The van der Waals surface area contributed by atoms with Crippen LogP contribution in [0.15, 0.2) is 59.3 Å². The van der Waals surface area contributed by atoms with Gasteiger partial charge in [0.15, 0.2) is 0 Å². The second kappa shape index (κ2) is 7.55. The smallest absolute Gasteiger partial charge is 0.134 e. The number of aromatic hydroxyl groups is 1. The molecule has 134 valence electrons. The van der Waals surface area contributed by atoms with Gasteiger partial charge in [-0.2, -0.15) is 10.5 Å². The van der Waals surface area contributed by atoms with Crippen LogP contribution in [0, 0.1) is 22.7 Å². The van der Waals surface area contributed by atoms with Crippen LogP contribution < -0.4 is 5.32 Å². The number of benzene rings is 2. The van der Waals surface area contributed by atoms with Crippen molar-refractivity contribution < 1.29 is 10.2 Å². The molecule has 5 nitrogen and oxygen atoms in total. The van der Waals surface area contributed by atoms with Gasteiger partial charge in [-0.1, -0.05) is 41.9 Å². The molecule has 3 N–H and O–H groups in total. The van der Waals surface area contributed by atoms with Crippen LogP contribution in [0.3, 0.4) is 0 Å². The standard InChI is InChI=1S/C21H16ClN3O2/c1-12-16(9-23)20(15-6-7-19(27)18(22)8-15)17(10-24)21(25-12)14-4-2-13(11-26)3-5-14/h2-8,20,25-27H,11H2,1H3. The van der Waals surface area contributed by atoms with Crippen molar-refractivity contribution in [3.63, 3.8) is 0 Å². The molecule has 27 heavy (non-hydrogen) atoms. The molecule has 0 fully saturated rings. The zero-order valence-electron chi connectivity index (χ0n) is 14.5. The number of phenols is 1. The number of hydrogen-bond acceptors (Lipinski definition) is 5. The highest BCUT2D eigenvalue weighted by Gasteiger charge is 2.31. The number of phenolic OH excluding ortho intramolecular Hbond substituents is 1. The van der Waals surface area contributed by atoms with E-state index in [9.17, 15) is 20.7 Å². The zero-order valence-corrected chi connectivity index (χ0v) is 15.2. The van der Waals surface area contributed by atoms with Crippen LogP contribution in [0.5, 0.6) is 5.75 Å². The molecule has 2 aromatic carbocycles. The molecule has 6 heteroatoms. The number of allylic oxidation sites excluding steroid dienone is 3. The molecule has 0 amide bonds. The molecule has 1 atom stereocenters. The minimum absolute atomic E-state index is 0.0594. The molecule has 3 rings (SSSR count). The number of nitrogens with zero attached hydrogens (tertiary/aromatic N) is 2. The number of aliphatic hydroxyl groups excluding tert-OH is 1. The Hall–Kier alpha value is -3.25. The Balaban J connectivity index is 2.21. The Kier molecular flexibility index (Phi) is 5.19. The minimum Gasteiger partial charge on any atom is -0.506 e. The number of aliphatic hydroxyl groups is 1.